The van der Waals surface area contributed by atoms with Crippen LogP contribution in [0, 0.1) is 13.8 Å². The number of rotatable bonds is 3. The van der Waals surface area contributed by atoms with Crippen molar-refractivity contribution in [3.8, 4) is 0 Å². The van der Waals surface area contributed by atoms with Gasteiger partial charge < -0.3 is 9.73 Å². The highest BCUT2D eigenvalue weighted by Gasteiger charge is 2.09. The Labute approximate surface area is 91.4 Å². The van der Waals surface area contributed by atoms with Crippen LogP contribution in [0.15, 0.2) is 22.6 Å². The fraction of sp³-hybridized carbons (Fsp3) is 0.538. The molecule has 82 valence electrons. The minimum Gasteiger partial charge on any atom is -0.466 e. The first-order chi connectivity index (χ1) is 7.25. The molecular formula is C13H19NO. The lowest BCUT2D eigenvalue weighted by Gasteiger charge is -2.17. The van der Waals surface area contributed by atoms with Gasteiger partial charge in [-0.3, -0.25) is 0 Å². The van der Waals surface area contributed by atoms with Crippen LogP contribution >= 0.6 is 0 Å². The molecule has 0 fully saturated rings. The van der Waals surface area contributed by atoms with Gasteiger partial charge in [-0.2, -0.15) is 0 Å². The summed E-state index contributed by atoms with van der Waals surface area (Å²) in [5.41, 5.74) is 1.28. The Morgan fingerprint density at radius 3 is 2.93 bits per heavy atom. The van der Waals surface area contributed by atoms with E-state index < -0.39 is 0 Å². The van der Waals surface area contributed by atoms with Crippen molar-refractivity contribution >= 4 is 0 Å². The van der Waals surface area contributed by atoms with Crippen molar-refractivity contribution in [1.29, 1.82) is 0 Å². The third kappa shape index (κ3) is 2.72. The Balaban J connectivity index is 1.89. The van der Waals surface area contributed by atoms with Crippen LogP contribution in [0.5, 0.6) is 0 Å². The Morgan fingerprint density at radius 2 is 2.33 bits per heavy atom. The standard InChI is InChI=1S/C13H19NO/c1-10-8-12(11(2)15-10)9-14-13-6-4-3-5-7-13/h4,6,8,13-14H,3,5,7,9H2,1-2H3. The zero-order chi connectivity index (χ0) is 10.7. The second kappa shape index (κ2) is 4.67. The predicted molar refractivity (Wildman–Crippen MR) is 61.8 cm³/mol. The van der Waals surface area contributed by atoms with E-state index in [4.69, 9.17) is 4.42 Å². The number of hydrogen-bond acceptors (Lipinski definition) is 2. The molecule has 2 heteroatoms. The van der Waals surface area contributed by atoms with Crippen molar-refractivity contribution in [3.05, 3.63) is 35.3 Å². The molecule has 2 rings (SSSR count). The summed E-state index contributed by atoms with van der Waals surface area (Å²) in [4.78, 5) is 0. The maximum Gasteiger partial charge on any atom is 0.105 e. The lowest BCUT2D eigenvalue weighted by Crippen LogP contribution is -2.27. The largest absolute Gasteiger partial charge is 0.466 e. The number of nitrogens with one attached hydrogen (secondary N) is 1. The van der Waals surface area contributed by atoms with Gasteiger partial charge in [0.05, 0.1) is 0 Å². The van der Waals surface area contributed by atoms with Gasteiger partial charge in [0.25, 0.3) is 0 Å². The van der Waals surface area contributed by atoms with Crippen molar-refractivity contribution in [2.75, 3.05) is 0 Å². The summed E-state index contributed by atoms with van der Waals surface area (Å²) in [6.45, 7) is 4.94. The van der Waals surface area contributed by atoms with Crippen LogP contribution in [0.25, 0.3) is 0 Å². The quantitative estimate of drug-likeness (QED) is 0.767. The van der Waals surface area contributed by atoms with Crippen LogP contribution in [-0.2, 0) is 6.54 Å². The molecule has 0 aromatic carbocycles. The third-order valence-corrected chi connectivity index (χ3v) is 2.95. The second-order valence-electron chi connectivity index (χ2n) is 4.28. The fourth-order valence-electron chi connectivity index (χ4n) is 2.08. The van der Waals surface area contributed by atoms with E-state index in [1.165, 1.54) is 24.8 Å². The van der Waals surface area contributed by atoms with Gasteiger partial charge in [-0.15, -0.1) is 0 Å². The van der Waals surface area contributed by atoms with E-state index in [0.29, 0.717) is 6.04 Å². The number of allylic oxidation sites excluding steroid dienone is 1. The molecule has 0 spiro atoms. The highest BCUT2D eigenvalue weighted by atomic mass is 16.3. The van der Waals surface area contributed by atoms with Crippen LogP contribution in [0.4, 0.5) is 0 Å². The predicted octanol–water partition coefficient (Wildman–Crippen LogP) is 3.09. The fourth-order valence-corrected chi connectivity index (χ4v) is 2.08. The SMILES string of the molecule is Cc1cc(CNC2C=CCCC2)c(C)o1. The van der Waals surface area contributed by atoms with E-state index >= 15 is 0 Å². The Bertz CT molecular complexity index is 351. The van der Waals surface area contributed by atoms with Gasteiger partial charge in [0.15, 0.2) is 0 Å². The Hall–Kier alpha value is -1.02. The van der Waals surface area contributed by atoms with Crippen LogP contribution in [-0.4, -0.2) is 6.04 Å². The van der Waals surface area contributed by atoms with Gasteiger partial charge in [0.2, 0.25) is 0 Å². The minimum atomic E-state index is 0.549. The molecule has 1 aliphatic carbocycles. The molecule has 1 unspecified atom stereocenters. The second-order valence-corrected chi connectivity index (χ2v) is 4.28. The van der Waals surface area contributed by atoms with Crippen LogP contribution in [0.2, 0.25) is 0 Å². The molecule has 1 atom stereocenters. The first-order valence-corrected chi connectivity index (χ1v) is 5.71. The summed E-state index contributed by atoms with van der Waals surface area (Å²) in [7, 11) is 0. The van der Waals surface area contributed by atoms with Crippen LogP contribution in [0.3, 0.4) is 0 Å². The molecule has 1 aromatic heterocycles. The van der Waals surface area contributed by atoms with Crippen LogP contribution < -0.4 is 5.32 Å². The van der Waals surface area contributed by atoms with Crippen molar-refractivity contribution in [1.82, 2.24) is 5.32 Å². The third-order valence-electron chi connectivity index (χ3n) is 2.95. The van der Waals surface area contributed by atoms with E-state index in [9.17, 15) is 0 Å². The van der Waals surface area contributed by atoms with E-state index in [-0.39, 0.29) is 0 Å². The Morgan fingerprint density at radius 1 is 1.47 bits per heavy atom. The minimum absolute atomic E-state index is 0.549. The molecule has 0 aliphatic heterocycles. The molecule has 1 heterocycles. The molecule has 1 aromatic rings. The van der Waals surface area contributed by atoms with Crippen molar-refractivity contribution in [2.24, 2.45) is 0 Å². The lowest BCUT2D eigenvalue weighted by atomic mass is 10.0. The van der Waals surface area contributed by atoms with E-state index in [2.05, 4.69) is 23.5 Å². The summed E-state index contributed by atoms with van der Waals surface area (Å²) in [6, 6.07) is 2.67. The molecule has 0 radical (unpaired) electrons. The molecule has 0 bridgehead atoms. The highest BCUT2D eigenvalue weighted by Crippen LogP contribution is 2.15. The maximum absolute atomic E-state index is 5.50. The number of furan rings is 1. The lowest BCUT2D eigenvalue weighted by molar-refractivity contribution is 0.490. The molecule has 0 saturated heterocycles. The van der Waals surface area contributed by atoms with Crippen molar-refractivity contribution < 1.29 is 4.42 Å². The number of aryl methyl sites for hydroxylation is 2. The van der Waals surface area contributed by atoms with Gasteiger partial charge >= 0.3 is 0 Å². The van der Waals surface area contributed by atoms with Gasteiger partial charge in [-0.05, 0) is 39.2 Å². The van der Waals surface area contributed by atoms with Gasteiger partial charge in [-0.1, -0.05) is 12.2 Å². The monoisotopic (exact) mass is 205 g/mol. The maximum atomic E-state index is 5.50. The van der Waals surface area contributed by atoms with Gasteiger partial charge in [-0.25, -0.2) is 0 Å². The summed E-state index contributed by atoms with van der Waals surface area (Å²) in [5.74, 6) is 2.04. The first kappa shape index (κ1) is 10.5. The molecule has 1 aliphatic rings. The summed E-state index contributed by atoms with van der Waals surface area (Å²) < 4.78 is 5.50. The zero-order valence-corrected chi connectivity index (χ0v) is 9.55. The van der Waals surface area contributed by atoms with Crippen LogP contribution in [0.1, 0.15) is 36.3 Å². The van der Waals surface area contributed by atoms with Crippen molar-refractivity contribution in [3.63, 3.8) is 0 Å². The highest BCUT2D eigenvalue weighted by molar-refractivity contribution is 5.20. The first-order valence-electron chi connectivity index (χ1n) is 5.71. The summed E-state index contributed by atoms with van der Waals surface area (Å²) in [6.07, 6.45) is 8.35. The smallest absolute Gasteiger partial charge is 0.105 e. The Kier molecular flexibility index (Phi) is 3.27. The van der Waals surface area contributed by atoms with E-state index in [0.717, 1.165) is 18.1 Å². The molecule has 2 nitrogen and oxygen atoms in total. The summed E-state index contributed by atoms with van der Waals surface area (Å²) >= 11 is 0. The number of hydrogen-bond donors (Lipinski definition) is 1. The molecular weight excluding hydrogens is 186 g/mol. The molecule has 15 heavy (non-hydrogen) atoms. The van der Waals surface area contributed by atoms with Crippen molar-refractivity contribution in [2.45, 2.75) is 45.7 Å². The molecule has 0 amide bonds. The van der Waals surface area contributed by atoms with Gasteiger partial charge in [0.1, 0.15) is 11.5 Å². The normalized spacial score (nSPS) is 20.8. The summed E-state index contributed by atoms with van der Waals surface area (Å²) in [5, 5.41) is 3.55. The average Bonchev–Trinajstić information content (AvgIpc) is 2.56. The topological polar surface area (TPSA) is 25.2 Å². The van der Waals surface area contributed by atoms with E-state index in [1.54, 1.807) is 0 Å². The molecule has 0 saturated carbocycles. The average molecular weight is 205 g/mol. The molecule has 1 N–H and O–H groups in total. The zero-order valence-electron chi connectivity index (χ0n) is 9.55. The van der Waals surface area contributed by atoms with E-state index in [1.807, 2.05) is 13.8 Å². The van der Waals surface area contributed by atoms with Gasteiger partial charge in [0, 0.05) is 18.2 Å².